The monoisotopic (exact) mass is 232 g/mol. The molecular formula is C10H8N4OS. The van der Waals surface area contributed by atoms with Crippen molar-refractivity contribution in [1.29, 1.82) is 0 Å². The van der Waals surface area contributed by atoms with E-state index in [-0.39, 0.29) is 6.01 Å². The lowest BCUT2D eigenvalue weighted by molar-refractivity contribution is 0.579. The first-order valence-corrected chi connectivity index (χ1v) is 5.46. The number of anilines is 1. The van der Waals surface area contributed by atoms with Gasteiger partial charge in [0, 0.05) is 6.42 Å². The SMILES string of the molecule is Nc1nc(Cc2cccc3nsnc23)co1. The van der Waals surface area contributed by atoms with Crippen LogP contribution < -0.4 is 5.73 Å². The van der Waals surface area contributed by atoms with Crippen LogP contribution >= 0.6 is 11.7 Å². The van der Waals surface area contributed by atoms with Crippen LogP contribution in [0.1, 0.15) is 11.3 Å². The van der Waals surface area contributed by atoms with E-state index in [4.69, 9.17) is 10.2 Å². The summed E-state index contributed by atoms with van der Waals surface area (Å²) >= 11 is 1.21. The fourth-order valence-electron chi connectivity index (χ4n) is 1.60. The van der Waals surface area contributed by atoms with E-state index in [1.54, 1.807) is 6.26 Å². The van der Waals surface area contributed by atoms with Crippen molar-refractivity contribution in [2.45, 2.75) is 6.42 Å². The zero-order valence-electron chi connectivity index (χ0n) is 8.25. The minimum absolute atomic E-state index is 0.193. The fourth-order valence-corrected chi connectivity index (χ4v) is 2.17. The molecule has 0 saturated carbocycles. The molecule has 0 fully saturated rings. The molecule has 80 valence electrons. The molecule has 0 atom stereocenters. The van der Waals surface area contributed by atoms with Gasteiger partial charge in [-0.1, -0.05) is 12.1 Å². The largest absolute Gasteiger partial charge is 0.432 e. The first kappa shape index (κ1) is 9.29. The number of benzene rings is 1. The third kappa shape index (κ3) is 1.53. The highest BCUT2D eigenvalue weighted by Gasteiger charge is 2.08. The van der Waals surface area contributed by atoms with Crippen molar-refractivity contribution in [2.24, 2.45) is 0 Å². The maximum absolute atomic E-state index is 5.42. The van der Waals surface area contributed by atoms with E-state index in [0.29, 0.717) is 6.42 Å². The van der Waals surface area contributed by atoms with Crippen molar-refractivity contribution in [3.05, 3.63) is 35.7 Å². The fraction of sp³-hybridized carbons (Fsp3) is 0.100. The number of nitrogen functional groups attached to an aromatic ring is 1. The second-order valence-corrected chi connectivity index (χ2v) is 3.93. The van der Waals surface area contributed by atoms with Crippen molar-refractivity contribution in [1.82, 2.24) is 13.7 Å². The molecule has 0 spiro atoms. The molecule has 16 heavy (non-hydrogen) atoms. The molecule has 0 aliphatic rings. The number of hydrogen-bond acceptors (Lipinski definition) is 6. The van der Waals surface area contributed by atoms with Crippen molar-refractivity contribution in [2.75, 3.05) is 5.73 Å². The van der Waals surface area contributed by atoms with Crippen molar-refractivity contribution < 1.29 is 4.42 Å². The summed E-state index contributed by atoms with van der Waals surface area (Å²) in [6, 6.07) is 6.11. The van der Waals surface area contributed by atoms with Crippen LogP contribution in [0.3, 0.4) is 0 Å². The van der Waals surface area contributed by atoms with Crippen LogP contribution in [-0.4, -0.2) is 13.7 Å². The highest BCUT2D eigenvalue weighted by atomic mass is 32.1. The summed E-state index contributed by atoms with van der Waals surface area (Å²) in [5.41, 5.74) is 9.15. The molecule has 0 bridgehead atoms. The topological polar surface area (TPSA) is 77.8 Å². The Morgan fingerprint density at radius 2 is 2.25 bits per heavy atom. The molecule has 5 nitrogen and oxygen atoms in total. The van der Waals surface area contributed by atoms with Gasteiger partial charge in [-0.05, 0) is 11.6 Å². The minimum Gasteiger partial charge on any atom is -0.432 e. The first-order valence-electron chi connectivity index (χ1n) is 4.73. The molecule has 2 heterocycles. The van der Waals surface area contributed by atoms with Gasteiger partial charge in [-0.2, -0.15) is 13.7 Å². The van der Waals surface area contributed by atoms with Crippen LogP contribution in [0.4, 0.5) is 6.01 Å². The molecule has 2 aromatic heterocycles. The Morgan fingerprint density at radius 3 is 3.06 bits per heavy atom. The molecule has 3 rings (SSSR count). The average Bonchev–Trinajstić information content (AvgIpc) is 2.87. The van der Waals surface area contributed by atoms with Crippen molar-refractivity contribution in [3.8, 4) is 0 Å². The van der Waals surface area contributed by atoms with Crippen molar-refractivity contribution in [3.63, 3.8) is 0 Å². The van der Waals surface area contributed by atoms with Crippen molar-refractivity contribution >= 4 is 28.8 Å². The molecule has 1 aromatic carbocycles. The summed E-state index contributed by atoms with van der Waals surface area (Å²) in [7, 11) is 0. The van der Waals surface area contributed by atoms with Crippen LogP contribution in [0.5, 0.6) is 0 Å². The number of rotatable bonds is 2. The van der Waals surface area contributed by atoms with E-state index in [0.717, 1.165) is 22.3 Å². The van der Waals surface area contributed by atoms with Crippen LogP contribution in [0.25, 0.3) is 11.0 Å². The number of oxazole rings is 1. The van der Waals surface area contributed by atoms with Gasteiger partial charge in [-0.25, -0.2) is 0 Å². The van der Waals surface area contributed by atoms with Crippen LogP contribution in [-0.2, 0) is 6.42 Å². The Balaban J connectivity index is 2.03. The molecule has 3 aromatic rings. The third-order valence-corrected chi connectivity index (χ3v) is 2.85. The Labute approximate surface area is 95.3 Å². The normalized spacial score (nSPS) is 11.0. The maximum Gasteiger partial charge on any atom is 0.292 e. The molecule has 2 N–H and O–H groups in total. The van der Waals surface area contributed by atoms with Crippen LogP contribution in [0, 0.1) is 0 Å². The second-order valence-electron chi connectivity index (χ2n) is 3.40. The molecule has 0 saturated heterocycles. The van der Waals surface area contributed by atoms with Gasteiger partial charge in [0.15, 0.2) is 0 Å². The third-order valence-electron chi connectivity index (χ3n) is 2.31. The summed E-state index contributed by atoms with van der Waals surface area (Å²) < 4.78 is 13.4. The summed E-state index contributed by atoms with van der Waals surface area (Å²) in [5.74, 6) is 0. The van der Waals surface area contributed by atoms with Crippen LogP contribution in [0.2, 0.25) is 0 Å². The van der Waals surface area contributed by atoms with E-state index in [9.17, 15) is 0 Å². The first-order chi connectivity index (χ1) is 7.83. The summed E-state index contributed by atoms with van der Waals surface area (Å²) in [6.45, 7) is 0. The van der Waals surface area contributed by atoms with Gasteiger partial charge in [0.1, 0.15) is 17.3 Å². The zero-order valence-corrected chi connectivity index (χ0v) is 9.07. The average molecular weight is 232 g/mol. The second kappa shape index (κ2) is 3.57. The Morgan fingerprint density at radius 1 is 1.31 bits per heavy atom. The number of aromatic nitrogens is 3. The Bertz CT molecular complexity index is 630. The highest BCUT2D eigenvalue weighted by molar-refractivity contribution is 7.00. The van der Waals surface area contributed by atoms with E-state index >= 15 is 0 Å². The zero-order chi connectivity index (χ0) is 11.0. The van der Waals surface area contributed by atoms with E-state index in [2.05, 4.69) is 13.7 Å². The summed E-state index contributed by atoms with van der Waals surface area (Å²) in [5, 5.41) is 0. The maximum atomic E-state index is 5.42. The molecule has 0 unspecified atom stereocenters. The quantitative estimate of drug-likeness (QED) is 0.729. The number of nitrogens with zero attached hydrogens (tertiary/aromatic N) is 3. The molecule has 0 aliphatic carbocycles. The lowest BCUT2D eigenvalue weighted by Gasteiger charge is -1.97. The van der Waals surface area contributed by atoms with Crippen LogP contribution in [0.15, 0.2) is 28.9 Å². The lowest BCUT2D eigenvalue weighted by Crippen LogP contribution is -1.91. The molecule has 6 heteroatoms. The predicted octanol–water partition coefficient (Wildman–Crippen LogP) is 1.85. The number of hydrogen-bond donors (Lipinski definition) is 1. The smallest absolute Gasteiger partial charge is 0.292 e. The summed E-state index contributed by atoms with van der Waals surface area (Å²) in [4.78, 5) is 4.06. The molecule has 0 radical (unpaired) electrons. The molecule has 0 aliphatic heterocycles. The van der Waals surface area contributed by atoms with Gasteiger partial charge >= 0.3 is 0 Å². The lowest BCUT2D eigenvalue weighted by atomic mass is 10.1. The van der Waals surface area contributed by atoms with Gasteiger partial charge in [0.2, 0.25) is 0 Å². The van der Waals surface area contributed by atoms with E-state index in [1.165, 1.54) is 11.7 Å². The van der Waals surface area contributed by atoms with Gasteiger partial charge < -0.3 is 10.2 Å². The van der Waals surface area contributed by atoms with Gasteiger partial charge in [-0.15, -0.1) is 0 Å². The van der Waals surface area contributed by atoms with Gasteiger partial charge in [-0.3, -0.25) is 0 Å². The number of nitrogens with two attached hydrogens (primary N) is 1. The molecule has 0 amide bonds. The Kier molecular flexibility index (Phi) is 2.07. The van der Waals surface area contributed by atoms with E-state index in [1.807, 2.05) is 18.2 Å². The minimum atomic E-state index is 0.193. The number of fused-ring (bicyclic) bond motifs is 1. The van der Waals surface area contributed by atoms with Gasteiger partial charge in [0.25, 0.3) is 6.01 Å². The Hall–Kier alpha value is -1.95. The molecular weight excluding hydrogens is 224 g/mol. The predicted molar refractivity (Wildman–Crippen MR) is 61.1 cm³/mol. The van der Waals surface area contributed by atoms with E-state index < -0.39 is 0 Å². The summed E-state index contributed by atoms with van der Waals surface area (Å²) in [6.07, 6.45) is 2.22. The standard InChI is InChI=1S/C10H8N4OS/c11-10-12-7(5-15-10)4-6-2-1-3-8-9(6)14-16-13-8/h1-3,5H,4H2,(H2,11,12). The highest BCUT2D eigenvalue weighted by Crippen LogP contribution is 2.19. The van der Waals surface area contributed by atoms with Gasteiger partial charge in [0.05, 0.1) is 17.4 Å².